The number of hydrogen-bond donors (Lipinski definition) is 1. The first-order valence-electron chi connectivity index (χ1n) is 7.74. The summed E-state index contributed by atoms with van der Waals surface area (Å²) in [6, 6.07) is 6.64. The van der Waals surface area contributed by atoms with Gasteiger partial charge < -0.3 is 10.1 Å². The monoisotopic (exact) mass is 498 g/mol. The fourth-order valence-electron chi connectivity index (χ4n) is 2.27. The molecule has 0 aliphatic rings. The normalized spacial score (nSPS) is 11.1. The third-order valence-electron chi connectivity index (χ3n) is 3.61. The lowest BCUT2D eigenvalue weighted by Gasteiger charge is -2.23. The minimum Gasteiger partial charge on any atom is -0.465 e. The molecule has 0 radical (unpaired) electrons. The van der Waals surface area contributed by atoms with Crippen molar-refractivity contribution in [3.05, 3.63) is 56.0 Å². The summed E-state index contributed by atoms with van der Waals surface area (Å²) >= 11 is 24.0. The van der Waals surface area contributed by atoms with Gasteiger partial charge in [0, 0.05) is 0 Å². The maximum atomic E-state index is 12.5. The molecule has 0 fully saturated rings. The van der Waals surface area contributed by atoms with Crippen molar-refractivity contribution in [3.8, 4) is 0 Å². The van der Waals surface area contributed by atoms with Gasteiger partial charge in [-0.15, -0.1) is 0 Å². The highest BCUT2D eigenvalue weighted by Gasteiger charge is 2.24. The number of rotatable bonds is 6. The van der Waals surface area contributed by atoms with Crippen molar-refractivity contribution < 1.29 is 22.7 Å². The van der Waals surface area contributed by atoms with E-state index in [9.17, 15) is 18.0 Å². The van der Waals surface area contributed by atoms with Crippen LogP contribution < -0.4 is 9.62 Å². The number of nitrogens with zero attached hydrogens (tertiary/aromatic N) is 1. The van der Waals surface area contributed by atoms with E-state index >= 15 is 0 Å². The molecule has 2 rings (SSSR count). The maximum absolute atomic E-state index is 12.5. The SMILES string of the molecule is COC(=O)c1ccc(Cl)c(NC(=O)CN(c2cc(Cl)c(Cl)cc2Cl)S(C)(=O)=O)c1. The van der Waals surface area contributed by atoms with Crippen molar-refractivity contribution >= 4 is 79.7 Å². The molecule has 1 amide bonds. The molecule has 0 aromatic heterocycles. The summed E-state index contributed by atoms with van der Waals surface area (Å²) in [4.78, 5) is 24.2. The zero-order valence-electron chi connectivity index (χ0n) is 15.0. The predicted molar refractivity (Wildman–Crippen MR) is 115 cm³/mol. The molecule has 0 aliphatic heterocycles. The van der Waals surface area contributed by atoms with E-state index in [0.29, 0.717) is 0 Å². The summed E-state index contributed by atoms with van der Waals surface area (Å²) < 4.78 is 29.9. The first-order chi connectivity index (χ1) is 13.4. The van der Waals surface area contributed by atoms with Gasteiger partial charge in [0.2, 0.25) is 15.9 Å². The number of ether oxygens (including phenoxy) is 1. The minimum atomic E-state index is -3.91. The molecule has 0 spiro atoms. The molecular weight excluding hydrogens is 486 g/mol. The first kappa shape index (κ1) is 23.6. The van der Waals surface area contributed by atoms with Crippen molar-refractivity contribution in [2.45, 2.75) is 0 Å². The van der Waals surface area contributed by atoms with E-state index < -0.39 is 28.4 Å². The van der Waals surface area contributed by atoms with Crippen molar-refractivity contribution in [2.24, 2.45) is 0 Å². The molecular formula is C17H14Cl4N2O5S. The van der Waals surface area contributed by atoms with E-state index in [1.165, 1.54) is 37.4 Å². The summed E-state index contributed by atoms with van der Waals surface area (Å²) in [5.74, 6) is -1.36. The zero-order chi connectivity index (χ0) is 21.9. The number of sulfonamides is 1. The molecule has 29 heavy (non-hydrogen) atoms. The zero-order valence-corrected chi connectivity index (χ0v) is 18.8. The number of carbonyl (C=O) groups is 2. The van der Waals surface area contributed by atoms with Crippen LogP contribution in [0.2, 0.25) is 20.1 Å². The van der Waals surface area contributed by atoms with Crippen LogP contribution in [0.3, 0.4) is 0 Å². The molecule has 2 aromatic rings. The van der Waals surface area contributed by atoms with Gasteiger partial charge in [-0.1, -0.05) is 46.4 Å². The molecule has 2 aromatic carbocycles. The third kappa shape index (κ3) is 5.90. The second-order valence-corrected chi connectivity index (χ2v) is 9.26. The van der Waals surface area contributed by atoms with Crippen LogP contribution in [0.25, 0.3) is 0 Å². The number of nitrogens with one attached hydrogen (secondary N) is 1. The molecule has 7 nitrogen and oxygen atoms in total. The highest BCUT2D eigenvalue weighted by Crippen LogP contribution is 2.35. The molecule has 0 aliphatic carbocycles. The van der Waals surface area contributed by atoms with Gasteiger partial charge in [0.05, 0.1) is 50.4 Å². The summed E-state index contributed by atoms with van der Waals surface area (Å²) in [5, 5.41) is 2.79. The van der Waals surface area contributed by atoms with Crippen LogP contribution in [0.1, 0.15) is 10.4 Å². The van der Waals surface area contributed by atoms with Gasteiger partial charge >= 0.3 is 5.97 Å². The van der Waals surface area contributed by atoms with Gasteiger partial charge in [0.25, 0.3) is 0 Å². The van der Waals surface area contributed by atoms with Crippen molar-refractivity contribution in [1.82, 2.24) is 0 Å². The highest BCUT2D eigenvalue weighted by atomic mass is 35.5. The maximum Gasteiger partial charge on any atom is 0.337 e. The Balaban J connectivity index is 2.34. The molecule has 12 heteroatoms. The van der Waals surface area contributed by atoms with Crippen LogP contribution in [0.15, 0.2) is 30.3 Å². The average Bonchev–Trinajstić information content (AvgIpc) is 2.63. The fourth-order valence-corrected chi connectivity index (χ4v) is 3.99. The Morgan fingerprint density at radius 2 is 1.62 bits per heavy atom. The minimum absolute atomic E-state index is 0.0108. The van der Waals surface area contributed by atoms with Crippen LogP contribution in [0.5, 0.6) is 0 Å². The average molecular weight is 500 g/mol. The van der Waals surface area contributed by atoms with Gasteiger partial charge in [-0.05, 0) is 30.3 Å². The van der Waals surface area contributed by atoms with Crippen LogP contribution >= 0.6 is 46.4 Å². The summed E-state index contributed by atoms with van der Waals surface area (Å²) in [5.41, 5.74) is 0.237. The Labute approximate surface area is 187 Å². The number of methoxy groups -OCH3 is 1. The second-order valence-electron chi connectivity index (χ2n) is 5.72. The van der Waals surface area contributed by atoms with Gasteiger partial charge in [0.15, 0.2) is 0 Å². The van der Waals surface area contributed by atoms with Crippen LogP contribution in [-0.4, -0.2) is 40.2 Å². The van der Waals surface area contributed by atoms with E-state index in [4.69, 9.17) is 46.4 Å². The van der Waals surface area contributed by atoms with E-state index in [2.05, 4.69) is 10.1 Å². The standard InChI is InChI=1S/C17H14Cl4N2O5S/c1-28-17(25)9-3-4-10(18)14(5-9)22-16(24)8-23(29(2,26)27)15-7-12(20)11(19)6-13(15)21/h3-7H,8H2,1-2H3,(H,22,24). The van der Waals surface area contributed by atoms with E-state index in [0.717, 1.165) is 10.6 Å². The van der Waals surface area contributed by atoms with Crippen LogP contribution in [-0.2, 0) is 19.6 Å². The molecule has 0 unspecified atom stereocenters. The Hall–Kier alpha value is -1.71. The van der Waals surface area contributed by atoms with E-state index in [1.54, 1.807) is 0 Å². The number of amides is 1. The van der Waals surface area contributed by atoms with Crippen molar-refractivity contribution in [2.75, 3.05) is 29.5 Å². The fraction of sp³-hybridized carbons (Fsp3) is 0.176. The molecule has 1 N–H and O–H groups in total. The Morgan fingerprint density at radius 3 is 2.21 bits per heavy atom. The van der Waals surface area contributed by atoms with Crippen molar-refractivity contribution in [3.63, 3.8) is 0 Å². The third-order valence-corrected chi connectivity index (χ3v) is 6.09. The van der Waals surface area contributed by atoms with Gasteiger partial charge in [-0.25, -0.2) is 13.2 Å². The first-order valence-corrected chi connectivity index (χ1v) is 11.1. The van der Waals surface area contributed by atoms with Crippen molar-refractivity contribution in [1.29, 1.82) is 0 Å². The van der Waals surface area contributed by atoms with Crippen LogP contribution in [0.4, 0.5) is 11.4 Å². The molecule has 156 valence electrons. The largest absolute Gasteiger partial charge is 0.465 e. The predicted octanol–water partition coefficient (Wildman–Crippen LogP) is 4.49. The molecule has 0 saturated carbocycles. The molecule has 0 saturated heterocycles. The lowest BCUT2D eigenvalue weighted by Crippen LogP contribution is -2.37. The Bertz CT molecular complexity index is 1080. The van der Waals surface area contributed by atoms with E-state index in [1.807, 2.05) is 0 Å². The van der Waals surface area contributed by atoms with Gasteiger partial charge in [-0.3, -0.25) is 9.10 Å². The van der Waals surface area contributed by atoms with Crippen LogP contribution in [0, 0.1) is 0 Å². The topological polar surface area (TPSA) is 92.8 Å². The lowest BCUT2D eigenvalue weighted by atomic mass is 10.2. The second kappa shape index (κ2) is 9.40. The number of benzene rings is 2. The smallest absolute Gasteiger partial charge is 0.337 e. The Morgan fingerprint density at radius 1 is 1.00 bits per heavy atom. The summed E-state index contributed by atoms with van der Waals surface area (Å²) in [7, 11) is -2.71. The summed E-state index contributed by atoms with van der Waals surface area (Å²) in [6.07, 6.45) is 0.907. The lowest BCUT2D eigenvalue weighted by molar-refractivity contribution is -0.114. The number of esters is 1. The number of halogens is 4. The number of anilines is 2. The molecule has 0 bridgehead atoms. The summed E-state index contributed by atoms with van der Waals surface area (Å²) in [6.45, 7) is -0.630. The molecule has 0 heterocycles. The Kier molecular flexibility index (Phi) is 7.64. The quantitative estimate of drug-likeness (QED) is 0.466. The van der Waals surface area contributed by atoms with Gasteiger partial charge in [-0.2, -0.15) is 0 Å². The van der Waals surface area contributed by atoms with Gasteiger partial charge in [0.1, 0.15) is 6.54 Å². The molecule has 0 atom stereocenters. The number of carbonyl (C=O) groups excluding carboxylic acids is 2. The van der Waals surface area contributed by atoms with E-state index in [-0.39, 0.29) is 37.0 Å². The number of hydrogen-bond acceptors (Lipinski definition) is 5. The highest BCUT2D eigenvalue weighted by molar-refractivity contribution is 7.92.